The molecule has 5 heterocycles. The maximum atomic E-state index is 14.2. The number of fused-ring (bicyclic) bond motifs is 2. The second kappa shape index (κ2) is 24.8. The van der Waals surface area contributed by atoms with Crippen molar-refractivity contribution in [2.24, 2.45) is 11.3 Å². The molecular weight excluding hydrogens is 1110 g/mol. The highest BCUT2D eigenvalue weighted by Crippen LogP contribution is 2.44. The van der Waals surface area contributed by atoms with Gasteiger partial charge in [-0.05, 0) is 147 Å². The molecule has 5 N–H and O–H groups in total. The number of piperazine rings is 1. The first-order valence-corrected chi connectivity index (χ1v) is 30.7. The highest BCUT2D eigenvalue weighted by Gasteiger charge is 2.40. The number of sulfonamides is 1. The van der Waals surface area contributed by atoms with Gasteiger partial charge in [-0.3, -0.25) is 39.5 Å². The Bertz CT molecular complexity index is 3650. The molecule has 2 aromatic heterocycles. The zero-order valence-electron chi connectivity index (χ0n) is 47.1. The van der Waals surface area contributed by atoms with E-state index in [0.29, 0.717) is 61.9 Å². The number of hydrogen-bond donors (Lipinski definition) is 5. The van der Waals surface area contributed by atoms with Gasteiger partial charge in [0.2, 0.25) is 11.8 Å². The molecule has 22 heteroatoms. The monoisotopic (exact) mass is 1180 g/mol. The van der Waals surface area contributed by atoms with Crippen molar-refractivity contribution in [2.75, 3.05) is 62.6 Å². The fraction of sp³-hybridized carbons (Fsp3) is 0.403. The van der Waals surface area contributed by atoms with Gasteiger partial charge in [0.15, 0.2) is 0 Å². The Kier molecular flexibility index (Phi) is 17.1. The predicted octanol–water partition coefficient (Wildman–Crippen LogP) is 9.61. The van der Waals surface area contributed by atoms with Crippen LogP contribution in [-0.4, -0.2) is 121 Å². The molecule has 84 heavy (non-hydrogen) atoms. The molecule has 0 bridgehead atoms. The van der Waals surface area contributed by atoms with Gasteiger partial charge in [0.25, 0.3) is 27.5 Å². The number of aromatic amines is 1. The number of anilines is 2. The number of carbonyl (C=O) groups is 4. The molecule has 6 aromatic rings. The van der Waals surface area contributed by atoms with Crippen molar-refractivity contribution in [3.63, 3.8) is 0 Å². The lowest BCUT2D eigenvalue weighted by Gasteiger charge is -2.39. The van der Waals surface area contributed by atoms with Crippen LogP contribution in [0.4, 0.5) is 17.1 Å². The number of imide groups is 1. The Morgan fingerprint density at radius 3 is 2.49 bits per heavy atom. The van der Waals surface area contributed by atoms with Crippen LogP contribution in [0.15, 0.2) is 114 Å². The number of nitrogens with one attached hydrogen (secondary N) is 5. The fourth-order valence-electron chi connectivity index (χ4n) is 12.3. The summed E-state index contributed by atoms with van der Waals surface area (Å²) < 4.78 is 42.6. The third kappa shape index (κ3) is 13.2. The van der Waals surface area contributed by atoms with Gasteiger partial charge in [0.1, 0.15) is 34.6 Å². The number of H-pyrrole nitrogens is 1. The Labute approximate surface area is 492 Å². The van der Waals surface area contributed by atoms with Crippen molar-refractivity contribution in [3.05, 3.63) is 146 Å². The van der Waals surface area contributed by atoms with Crippen molar-refractivity contribution >= 4 is 78.9 Å². The first kappa shape index (κ1) is 57.9. The van der Waals surface area contributed by atoms with Crippen LogP contribution in [0.3, 0.4) is 0 Å². The minimum absolute atomic E-state index is 0.0583. The number of amides is 4. The number of aromatic nitrogens is 2. The first-order valence-electron chi connectivity index (χ1n) is 28.8. The molecule has 1 atom stereocenters. The van der Waals surface area contributed by atoms with Crippen molar-refractivity contribution in [2.45, 2.75) is 102 Å². The molecule has 1 saturated carbocycles. The van der Waals surface area contributed by atoms with Crippen LogP contribution in [0.25, 0.3) is 16.6 Å². The van der Waals surface area contributed by atoms with Crippen molar-refractivity contribution in [3.8, 4) is 17.2 Å². The molecule has 20 nitrogen and oxygen atoms in total. The largest absolute Gasteiger partial charge is 0.493 e. The lowest BCUT2D eigenvalue weighted by Crippen LogP contribution is -2.52. The summed E-state index contributed by atoms with van der Waals surface area (Å²) in [6, 6.07) is 25.3. The minimum Gasteiger partial charge on any atom is -0.493 e. The normalized spacial score (nSPS) is 20.2. The van der Waals surface area contributed by atoms with Gasteiger partial charge in [-0.25, -0.2) is 18.1 Å². The van der Waals surface area contributed by atoms with E-state index < -0.39 is 43.4 Å². The van der Waals surface area contributed by atoms with E-state index in [1.807, 2.05) is 24.3 Å². The lowest BCUT2D eigenvalue weighted by molar-refractivity contribution is -0.384. The van der Waals surface area contributed by atoms with Crippen LogP contribution in [0.2, 0.25) is 5.02 Å². The number of halogens is 1. The highest BCUT2D eigenvalue weighted by atomic mass is 35.5. The van der Waals surface area contributed by atoms with E-state index in [-0.39, 0.29) is 65.6 Å². The molecule has 3 aliphatic heterocycles. The van der Waals surface area contributed by atoms with Gasteiger partial charge < -0.3 is 34.9 Å². The number of allylic oxidation sites excluding steroid dienone is 1. The van der Waals surface area contributed by atoms with Crippen LogP contribution < -0.4 is 35.0 Å². The maximum absolute atomic E-state index is 14.2. The van der Waals surface area contributed by atoms with Gasteiger partial charge in [-0.15, -0.1) is 0 Å². The minimum atomic E-state index is -4.63. The van der Waals surface area contributed by atoms with Crippen molar-refractivity contribution in [1.82, 2.24) is 35.1 Å². The summed E-state index contributed by atoms with van der Waals surface area (Å²) in [5.41, 5.74) is 6.62. The molecule has 1 unspecified atom stereocenters. The molecule has 2 saturated heterocycles. The molecule has 0 spiro atoms. The fourth-order valence-corrected chi connectivity index (χ4v) is 13.4. The summed E-state index contributed by atoms with van der Waals surface area (Å²) in [5.74, 6) is -0.754. The number of carbonyl (C=O) groups excluding carboxylic acids is 4. The third-order valence-electron chi connectivity index (χ3n) is 17.0. The number of benzene rings is 4. The van der Waals surface area contributed by atoms with E-state index in [9.17, 15) is 37.7 Å². The molecule has 440 valence electrons. The second-order valence-electron chi connectivity index (χ2n) is 23.4. The van der Waals surface area contributed by atoms with Crippen LogP contribution >= 0.6 is 11.6 Å². The van der Waals surface area contributed by atoms with Gasteiger partial charge in [0, 0.05) is 97.3 Å². The Morgan fingerprint density at radius 1 is 0.917 bits per heavy atom. The van der Waals surface area contributed by atoms with E-state index >= 15 is 0 Å². The van der Waals surface area contributed by atoms with Crippen LogP contribution in [0.5, 0.6) is 17.2 Å². The van der Waals surface area contributed by atoms with Crippen LogP contribution in [0, 0.1) is 21.4 Å². The Hall–Kier alpha value is -7.85. The van der Waals surface area contributed by atoms with Gasteiger partial charge >= 0.3 is 0 Å². The number of nitro groups is 1. The number of nitro benzene ring substituents is 1. The average molecular weight is 1180 g/mol. The predicted molar refractivity (Wildman–Crippen MR) is 320 cm³/mol. The van der Waals surface area contributed by atoms with Crippen molar-refractivity contribution in [1.29, 1.82) is 0 Å². The number of hydrogen-bond acceptors (Lipinski definition) is 15. The summed E-state index contributed by atoms with van der Waals surface area (Å²) in [5, 5.41) is 23.1. The van der Waals surface area contributed by atoms with E-state index in [0.717, 1.165) is 92.3 Å². The summed E-state index contributed by atoms with van der Waals surface area (Å²) in [4.78, 5) is 76.7. The molecule has 4 aromatic carbocycles. The van der Waals surface area contributed by atoms with E-state index in [4.69, 9.17) is 21.1 Å². The van der Waals surface area contributed by atoms with Gasteiger partial charge in [-0.2, -0.15) is 0 Å². The Morgan fingerprint density at radius 2 is 1.71 bits per heavy atom. The Balaban J connectivity index is 0.681. The number of pyridine rings is 1. The maximum Gasteiger partial charge on any atom is 0.293 e. The molecule has 0 radical (unpaired) electrons. The van der Waals surface area contributed by atoms with Gasteiger partial charge in [0.05, 0.1) is 34.7 Å². The summed E-state index contributed by atoms with van der Waals surface area (Å²) >= 11 is 6.27. The number of piperidine rings is 1. The quantitative estimate of drug-likeness (QED) is 0.0207. The lowest BCUT2D eigenvalue weighted by atomic mass is 9.72. The average Bonchev–Trinajstić information content (AvgIpc) is 2.72. The first-order chi connectivity index (χ1) is 40.4. The zero-order valence-corrected chi connectivity index (χ0v) is 48.7. The van der Waals surface area contributed by atoms with E-state index in [1.54, 1.807) is 36.5 Å². The summed E-state index contributed by atoms with van der Waals surface area (Å²) in [7, 11) is -4.63. The van der Waals surface area contributed by atoms with Crippen LogP contribution in [0.1, 0.15) is 110 Å². The number of rotatable bonds is 20. The molecule has 3 fully saturated rings. The standard InChI is InChI=1S/C62H69ClN10O10S/c1-62(2)23-21-42(50(34-62)40-9-11-43(63)12-10-40)37-70-26-28-71(29-27-70)45-15-17-49(56(32-45)83-46-31-41-22-25-65-58(41)67-36-46)59(75)69-84(80,81)47-16-18-52(54(33-47)73(78)79)66-35-39-7-13-44(14-8-39)64-24-4-30-82-55-6-3-5-48-51(55)38-72(61(48)77)53-19-20-57(74)68-60(53)76/h3,5-6,9-12,15-18,22,25,31-33,36,39,44,53,64,66H,4,7-8,13-14,19-21,23-24,26-30,34-35,37-38H2,1-2H3,(H,65,67)(H,69,75)(H,68,74,76)/t39-,44+,53?. The van der Waals surface area contributed by atoms with E-state index in [2.05, 4.69) is 66.4 Å². The summed E-state index contributed by atoms with van der Waals surface area (Å²) in [6.07, 6.45) is 11.1. The topological polar surface area (TPSA) is 251 Å². The molecule has 4 amide bonds. The highest BCUT2D eigenvalue weighted by molar-refractivity contribution is 7.90. The third-order valence-corrected chi connectivity index (χ3v) is 18.6. The number of nitrogens with zero attached hydrogens (tertiary/aromatic N) is 5. The van der Waals surface area contributed by atoms with Crippen molar-refractivity contribution < 1.29 is 42.0 Å². The zero-order chi connectivity index (χ0) is 58.7. The molecule has 11 rings (SSSR count). The molecule has 5 aliphatic rings. The second-order valence-corrected chi connectivity index (χ2v) is 25.5. The van der Waals surface area contributed by atoms with Crippen LogP contribution in [-0.2, 0) is 26.2 Å². The number of ether oxygens (including phenoxy) is 2. The smallest absolute Gasteiger partial charge is 0.293 e. The molecule has 2 aliphatic carbocycles. The summed E-state index contributed by atoms with van der Waals surface area (Å²) in [6.45, 7) is 10.3. The van der Waals surface area contributed by atoms with Gasteiger partial charge in [-0.1, -0.05) is 49.2 Å². The molecular formula is C62H69ClN10O10S. The van der Waals surface area contributed by atoms with E-state index in [1.165, 1.54) is 46.0 Å². The SMILES string of the molecule is CC1(C)CCC(CN2CCN(c3ccc(C(=O)NS(=O)(=O)c4ccc(NC[C@H]5CC[C@@H](NCCCOc6cccc7c6CN(C6CCC(=O)NC6=O)C7=O)CC5)c([N+](=O)[O-])c4)c(Oc4cnc5[nH]ccc5c4)c3)CC2)=C(c2ccc(Cl)cc2)C1.